The van der Waals surface area contributed by atoms with Crippen LogP contribution in [0.3, 0.4) is 0 Å². The maximum absolute atomic E-state index is 11.0. The minimum absolute atomic E-state index is 0.0439. The molecule has 0 atom stereocenters. The van der Waals surface area contributed by atoms with Crippen molar-refractivity contribution in [3.63, 3.8) is 0 Å². The van der Waals surface area contributed by atoms with Gasteiger partial charge in [0.2, 0.25) is 0 Å². The van der Waals surface area contributed by atoms with Crippen molar-refractivity contribution < 1.29 is 4.92 Å². The molecule has 0 heterocycles. The molecular weight excluding hydrogens is 309 g/mol. The molecule has 0 saturated heterocycles. The molecule has 25 heavy (non-hydrogen) atoms. The van der Waals surface area contributed by atoms with Crippen LogP contribution in [0.15, 0.2) is 60.7 Å². The highest BCUT2D eigenvalue weighted by Gasteiger charge is 2.35. The van der Waals surface area contributed by atoms with E-state index in [0.29, 0.717) is 5.46 Å². The lowest BCUT2D eigenvalue weighted by atomic mass is 9.81. The van der Waals surface area contributed by atoms with Crippen molar-refractivity contribution in [3.05, 3.63) is 81.9 Å². The van der Waals surface area contributed by atoms with E-state index in [1.807, 2.05) is 12.1 Å². The smallest absolute Gasteiger partial charge is 0.258 e. The second-order valence-electron chi connectivity index (χ2n) is 7.19. The van der Waals surface area contributed by atoms with Crippen molar-refractivity contribution in [2.75, 3.05) is 0 Å². The molecule has 4 rings (SSSR count). The van der Waals surface area contributed by atoms with Crippen molar-refractivity contribution in [1.82, 2.24) is 0 Å². The highest BCUT2D eigenvalue weighted by atomic mass is 16.6. The first-order valence-electron chi connectivity index (χ1n) is 8.39. The number of nitrogens with zero attached hydrogens (tertiary/aromatic N) is 1. The molecule has 0 spiro atoms. The maximum atomic E-state index is 11.0. The number of nitro groups is 1. The van der Waals surface area contributed by atoms with E-state index in [4.69, 9.17) is 0 Å². The number of hydrogen-bond acceptors (Lipinski definition) is 2. The summed E-state index contributed by atoms with van der Waals surface area (Å²) in [7, 11) is 1.79. The van der Waals surface area contributed by atoms with Gasteiger partial charge in [-0.3, -0.25) is 10.1 Å². The van der Waals surface area contributed by atoms with Gasteiger partial charge in [-0.05, 0) is 51.0 Å². The Bertz CT molecular complexity index is 1020. The fourth-order valence-corrected chi connectivity index (χ4v) is 3.92. The largest absolute Gasteiger partial charge is 0.263 e. The molecule has 3 aromatic carbocycles. The van der Waals surface area contributed by atoms with Crippen LogP contribution < -0.4 is 5.46 Å². The SMILES string of the molecule is Bc1cc(-c2ccc3c(c2)C(C)(C)c2ccccc2-3)ccc1[N+](=O)[O-]. The number of fused-ring (bicyclic) bond motifs is 3. The molecule has 0 bridgehead atoms. The summed E-state index contributed by atoms with van der Waals surface area (Å²) in [4.78, 5) is 10.7. The summed E-state index contributed by atoms with van der Waals surface area (Å²) < 4.78 is 0. The van der Waals surface area contributed by atoms with Crippen molar-refractivity contribution in [2.45, 2.75) is 19.3 Å². The van der Waals surface area contributed by atoms with E-state index in [1.165, 1.54) is 22.3 Å². The maximum Gasteiger partial charge on any atom is 0.263 e. The van der Waals surface area contributed by atoms with Crippen LogP contribution in [0.4, 0.5) is 5.69 Å². The summed E-state index contributed by atoms with van der Waals surface area (Å²) in [6.45, 7) is 4.51. The first kappa shape index (κ1) is 15.6. The predicted octanol–water partition coefficient (Wildman–Crippen LogP) is 3.83. The standard InChI is InChI=1S/C21H18BNO2/c1-21(2)17-6-4-3-5-15(17)16-9-7-13(11-18(16)21)14-8-10-20(23(24)25)19(22)12-14/h3-12H,22H2,1-2H3. The fourth-order valence-electron chi connectivity index (χ4n) is 3.92. The molecule has 0 saturated carbocycles. The summed E-state index contributed by atoms with van der Waals surface area (Å²) >= 11 is 0. The van der Waals surface area contributed by atoms with Crippen molar-refractivity contribution in [1.29, 1.82) is 0 Å². The Labute approximate surface area is 147 Å². The normalized spacial score (nSPS) is 14.0. The van der Waals surface area contributed by atoms with Crippen LogP contribution in [0, 0.1) is 10.1 Å². The van der Waals surface area contributed by atoms with Gasteiger partial charge in [-0.15, -0.1) is 0 Å². The van der Waals surface area contributed by atoms with E-state index >= 15 is 0 Å². The summed E-state index contributed by atoms with van der Waals surface area (Å²) in [5.74, 6) is 0. The van der Waals surface area contributed by atoms with Gasteiger partial charge in [-0.1, -0.05) is 56.3 Å². The molecule has 0 aromatic heterocycles. The highest BCUT2D eigenvalue weighted by molar-refractivity contribution is 6.35. The van der Waals surface area contributed by atoms with Crippen molar-refractivity contribution in [2.24, 2.45) is 0 Å². The van der Waals surface area contributed by atoms with Crippen LogP contribution in [-0.4, -0.2) is 12.8 Å². The third-order valence-corrected chi connectivity index (χ3v) is 5.31. The van der Waals surface area contributed by atoms with E-state index in [0.717, 1.165) is 11.1 Å². The Morgan fingerprint density at radius 2 is 1.52 bits per heavy atom. The van der Waals surface area contributed by atoms with Crippen LogP contribution in [0.5, 0.6) is 0 Å². The van der Waals surface area contributed by atoms with Crippen LogP contribution in [-0.2, 0) is 5.41 Å². The van der Waals surface area contributed by atoms with Crippen LogP contribution >= 0.6 is 0 Å². The molecule has 122 valence electrons. The number of nitro benzene ring substituents is 1. The topological polar surface area (TPSA) is 43.1 Å². The van der Waals surface area contributed by atoms with Gasteiger partial charge in [0.25, 0.3) is 5.69 Å². The van der Waals surface area contributed by atoms with E-state index < -0.39 is 0 Å². The van der Waals surface area contributed by atoms with E-state index in [2.05, 4.69) is 56.3 Å². The Hall–Kier alpha value is -2.88. The molecule has 1 aliphatic rings. The van der Waals surface area contributed by atoms with Gasteiger partial charge in [0.15, 0.2) is 0 Å². The molecule has 0 amide bonds. The second kappa shape index (κ2) is 5.31. The predicted molar refractivity (Wildman–Crippen MR) is 104 cm³/mol. The minimum Gasteiger partial charge on any atom is -0.258 e. The molecule has 3 aromatic rings. The molecule has 0 unspecified atom stereocenters. The van der Waals surface area contributed by atoms with Crippen molar-refractivity contribution in [3.8, 4) is 22.3 Å². The number of rotatable bonds is 2. The molecule has 3 nitrogen and oxygen atoms in total. The Balaban J connectivity index is 1.85. The summed E-state index contributed by atoms with van der Waals surface area (Å²) in [5, 5.41) is 11.0. The Morgan fingerprint density at radius 3 is 2.24 bits per heavy atom. The van der Waals surface area contributed by atoms with Gasteiger partial charge in [0.1, 0.15) is 7.85 Å². The Morgan fingerprint density at radius 1 is 0.880 bits per heavy atom. The third-order valence-electron chi connectivity index (χ3n) is 5.31. The Kier molecular flexibility index (Phi) is 3.32. The molecular formula is C21H18BNO2. The number of benzene rings is 3. The van der Waals surface area contributed by atoms with Gasteiger partial charge in [0, 0.05) is 11.5 Å². The zero-order valence-electron chi connectivity index (χ0n) is 14.5. The first-order chi connectivity index (χ1) is 11.9. The molecule has 0 aliphatic heterocycles. The lowest BCUT2D eigenvalue weighted by Gasteiger charge is -2.22. The van der Waals surface area contributed by atoms with Crippen LogP contribution in [0.25, 0.3) is 22.3 Å². The fraction of sp³-hybridized carbons (Fsp3) is 0.143. The summed E-state index contributed by atoms with van der Waals surface area (Å²) in [6, 6.07) is 20.4. The quantitative estimate of drug-likeness (QED) is 0.408. The van der Waals surface area contributed by atoms with Crippen LogP contribution in [0.1, 0.15) is 25.0 Å². The van der Waals surface area contributed by atoms with Gasteiger partial charge >= 0.3 is 0 Å². The lowest BCUT2D eigenvalue weighted by molar-refractivity contribution is -0.383. The van der Waals surface area contributed by atoms with E-state index in [1.54, 1.807) is 13.9 Å². The zero-order valence-corrected chi connectivity index (χ0v) is 14.5. The molecule has 0 fully saturated rings. The lowest BCUT2D eigenvalue weighted by Crippen LogP contribution is -2.15. The summed E-state index contributed by atoms with van der Waals surface area (Å²) in [6.07, 6.45) is 0. The molecule has 1 aliphatic carbocycles. The molecule has 4 heteroatoms. The summed E-state index contributed by atoms with van der Waals surface area (Å²) in [5.41, 5.74) is 8.15. The second-order valence-corrected chi connectivity index (χ2v) is 7.19. The van der Waals surface area contributed by atoms with E-state index in [-0.39, 0.29) is 16.0 Å². The molecule has 0 radical (unpaired) electrons. The van der Waals surface area contributed by atoms with Gasteiger partial charge in [0.05, 0.1) is 4.92 Å². The monoisotopic (exact) mass is 327 g/mol. The zero-order chi connectivity index (χ0) is 17.8. The van der Waals surface area contributed by atoms with Gasteiger partial charge < -0.3 is 0 Å². The van der Waals surface area contributed by atoms with E-state index in [9.17, 15) is 10.1 Å². The minimum atomic E-state index is -0.332. The van der Waals surface area contributed by atoms with Crippen LogP contribution in [0.2, 0.25) is 0 Å². The average Bonchev–Trinajstić information content (AvgIpc) is 2.82. The van der Waals surface area contributed by atoms with Gasteiger partial charge in [-0.25, -0.2) is 0 Å². The third kappa shape index (κ3) is 2.29. The number of hydrogen-bond donors (Lipinski definition) is 0. The van der Waals surface area contributed by atoms with Gasteiger partial charge in [-0.2, -0.15) is 0 Å². The highest BCUT2D eigenvalue weighted by Crippen LogP contribution is 2.49. The molecule has 0 N–H and O–H groups in total. The first-order valence-corrected chi connectivity index (χ1v) is 8.39. The average molecular weight is 327 g/mol. The van der Waals surface area contributed by atoms with Crippen molar-refractivity contribution >= 4 is 19.0 Å².